The number of benzene rings is 5. The van der Waals surface area contributed by atoms with Crippen molar-refractivity contribution in [3.05, 3.63) is 109 Å². The molecular formula is C32H27N. The molecule has 0 bridgehead atoms. The SMILES string of the molecule is CC12CCC1(C)N(c1ccccc1)c1ccc(-c3c4ccccc4cc4ccccc34)cc12. The largest absolute Gasteiger partial charge is 0.334 e. The zero-order valence-electron chi connectivity index (χ0n) is 19.2. The van der Waals surface area contributed by atoms with Crippen molar-refractivity contribution in [3.8, 4) is 11.1 Å². The lowest BCUT2D eigenvalue weighted by atomic mass is 9.55. The number of hydrogen-bond donors (Lipinski definition) is 0. The predicted octanol–water partition coefficient (Wildman–Crippen LogP) is 8.62. The highest BCUT2D eigenvalue weighted by Gasteiger charge is 2.63. The molecule has 0 aromatic heterocycles. The fourth-order valence-electron chi connectivity index (χ4n) is 6.57. The molecule has 0 radical (unpaired) electrons. The van der Waals surface area contributed by atoms with Gasteiger partial charge in [-0.05, 0) is 88.3 Å². The van der Waals surface area contributed by atoms with Gasteiger partial charge in [-0.3, -0.25) is 0 Å². The van der Waals surface area contributed by atoms with E-state index in [1.807, 2.05) is 0 Å². The van der Waals surface area contributed by atoms with Crippen LogP contribution in [-0.2, 0) is 5.41 Å². The van der Waals surface area contributed by atoms with Crippen molar-refractivity contribution in [1.82, 2.24) is 0 Å². The third-order valence-electron chi connectivity index (χ3n) is 8.70. The molecule has 1 aliphatic carbocycles. The van der Waals surface area contributed by atoms with Crippen LogP contribution in [-0.4, -0.2) is 5.54 Å². The first-order valence-corrected chi connectivity index (χ1v) is 12.0. The van der Waals surface area contributed by atoms with Gasteiger partial charge in [0.1, 0.15) is 0 Å². The third kappa shape index (κ3) is 2.37. The zero-order chi connectivity index (χ0) is 22.2. The summed E-state index contributed by atoms with van der Waals surface area (Å²) >= 11 is 0. The normalized spacial score (nSPS) is 23.4. The van der Waals surface area contributed by atoms with Gasteiger partial charge in [-0.15, -0.1) is 0 Å². The molecule has 1 heteroatoms. The maximum Gasteiger partial charge on any atom is 0.0518 e. The van der Waals surface area contributed by atoms with Crippen LogP contribution in [0.25, 0.3) is 32.7 Å². The van der Waals surface area contributed by atoms with Crippen molar-refractivity contribution in [3.63, 3.8) is 0 Å². The van der Waals surface area contributed by atoms with Crippen LogP contribution >= 0.6 is 0 Å². The van der Waals surface area contributed by atoms with Crippen LogP contribution in [0.1, 0.15) is 32.3 Å². The maximum atomic E-state index is 2.61. The smallest absolute Gasteiger partial charge is 0.0518 e. The van der Waals surface area contributed by atoms with Gasteiger partial charge in [0.2, 0.25) is 0 Å². The van der Waals surface area contributed by atoms with E-state index in [-0.39, 0.29) is 11.0 Å². The zero-order valence-corrected chi connectivity index (χ0v) is 19.2. The lowest BCUT2D eigenvalue weighted by molar-refractivity contribution is 0.133. The molecule has 0 N–H and O–H groups in total. The lowest BCUT2D eigenvalue weighted by Gasteiger charge is -2.56. The fourth-order valence-corrected chi connectivity index (χ4v) is 6.57. The quantitative estimate of drug-likeness (QED) is 0.256. The van der Waals surface area contributed by atoms with Gasteiger partial charge in [0.15, 0.2) is 0 Å². The summed E-state index contributed by atoms with van der Waals surface area (Å²) in [5.41, 5.74) is 7.13. The number of rotatable bonds is 2. The molecule has 2 unspecified atom stereocenters. The summed E-state index contributed by atoms with van der Waals surface area (Å²) < 4.78 is 0. The topological polar surface area (TPSA) is 3.24 Å². The van der Waals surface area contributed by atoms with E-state index in [0.29, 0.717) is 0 Å². The second-order valence-corrected chi connectivity index (χ2v) is 10.2. The Morgan fingerprint density at radius 3 is 1.91 bits per heavy atom. The Bertz CT molecular complexity index is 1500. The summed E-state index contributed by atoms with van der Waals surface area (Å²) in [5.74, 6) is 0. The predicted molar refractivity (Wildman–Crippen MR) is 140 cm³/mol. The van der Waals surface area contributed by atoms with Gasteiger partial charge in [0.25, 0.3) is 0 Å². The van der Waals surface area contributed by atoms with Crippen molar-refractivity contribution in [2.75, 3.05) is 4.90 Å². The number of anilines is 2. The summed E-state index contributed by atoms with van der Waals surface area (Å²) in [5, 5.41) is 5.26. The number of para-hydroxylation sites is 1. The van der Waals surface area contributed by atoms with Crippen LogP contribution < -0.4 is 4.90 Å². The minimum Gasteiger partial charge on any atom is -0.334 e. The van der Waals surface area contributed by atoms with Crippen molar-refractivity contribution >= 4 is 32.9 Å². The van der Waals surface area contributed by atoms with Gasteiger partial charge in [-0.25, -0.2) is 0 Å². The van der Waals surface area contributed by atoms with E-state index in [1.54, 1.807) is 0 Å². The van der Waals surface area contributed by atoms with Crippen LogP contribution in [0.2, 0.25) is 0 Å². The fraction of sp³-hybridized carbons (Fsp3) is 0.188. The molecule has 7 rings (SSSR count). The van der Waals surface area contributed by atoms with Gasteiger partial charge >= 0.3 is 0 Å². The number of hydrogen-bond acceptors (Lipinski definition) is 1. The molecular weight excluding hydrogens is 398 g/mol. The van der Waals surface area contributed by atoms with E-state index in [0.717, 1.165) is 0 Å². The molecule has 5 aromatic carbocycles. The molecule has 5 aromatic rings. The summed E-state index contributed by atoms with van der Waals surface area (Å²) in [6.07, 6.45) is 2.46. The first-order chi connectivity index (χ1) is 16.1. The van der Waals surface area contributed by atoms with Crippen molar-refractivity contribution in [2.24, 2.45) is 0 Å². The standard InChI is InChI=1S/C32H27N/c1-31-18-19-32(31,2)33(25-12-4-3-5-13-25)29-17-16-24(21-28(29)31)30-26-14-8-6-10-22(26)20-23-11-7-9-15-27(23)30/h3-17,20-21H,18-19H2,1-2H3. The number of fused-ring (bicyclic) bond motifs is 5. The Morgan fingerprint density at radius 1 is 0.636 bits per heavy atom. The molecule has 1 saturated carbocycles. The minimum atomic E-state index is 0.121. The molecule has 1 aliphatic heterocycles. The van der Waals surface area contributed by atoms with Crippen LogP contribution in [0.15, 0.2) is 103 Å². The van der Waals surface area contributed by atoms with Crippen molar-refractivity contribution in [2.45, 2.75) is 37.6 Å². The minimum absolute atomic E-state index is 0.121. The van der Waals surface area contributed by atoms with E-state index >= 15 is 0 Å². The molecule has 2 atom stereocenters. The summed E-state index contributed by atoms with van der Waals surface area (Å²) in [4.78, 5) is 2.61. The second-order valence-electron chi connectivity index (χ2n) is 10.2. The molecule has 0 spiro atoms. The molecule has 33 heavy (non-hydrogen) atoms. The van der Waals surface area contributed by atoms with E-state index in [4.69, 9.17) is 0 Å². The molecule has 2 aliphatic rings. The first kappa shape index (κ1) is 18.9. The Kier molecular flexibility index (Phi) is 3.72. The van der Waals surface area contributed by atoms with Crippen LogP contribution in [0.3, 0.4) is 0 Å². The van der Waals surface area contributed by atoms with Crippen LogP contribution in [0.5, 0.6) is 0 Å². The Hall–Kier alpha value is -3.58. The van der Waals surface area contributed by atoms with Crippen molar-refractivity contribution in [1.29, 1.82) is 0 Å². The maximum absolute atomic E-state index is 2.61. The van der Waals surface area contributed by atoms with E-state index in [1.165, 1.54) is 62.5 Å². The number of nitrogens with zero attached hydrogens (tertiary/aromatic N) is 1. The average Bonchev–Trinajstić information content (AvgIpc) is 2.99. The average molecular weight is 426 g/mol. The molecule has 1 heterocycles. The highest BCUT2D eigenvalue weighted by molar-refractivity contribution is 6.12. The third-order valence-corrected chi connectivity index (χ3v) is 8.70. The highest BCUT2D eigenvalue weighted by Crippen LogP contribution is 2.65. The van der Waals surface area contributed by atoms with Gasteiger partial charge in [0, 0.05) is 16.8 Å². The van der Waals surface area contributed by atoms with Gasteiger partial charge in [-0.2, -0.15) is 0 Å². The van der Waals surface area contributed by atoms with E-state index < -0.39 is 0 Å². The summed E-state index contributed by atoms with van der Waals surface area (Å²) in [6.45, 7) is 4.93. The molecule has 1 nitrogen and oxygen atoms in total. The summed E-state index contributed by atoms with van der Waals surface area (Å²) in [7, 11) is 0. The van der Waals surface area contributed by atoms with E-state index in [9.17, 15) is 0 Å². The molecule has 1 fully saturated rings. The van der Waals surface area contributed by atoms with E-state index in [2.05, 4.69) is 122 Å². The molecule has 0 amide bonds. The molecule has 160 valence electrons. The first-order valence-electron chi connectivity index (χ1n) is 12.0. The second kappa shape index (κ2) is 6.48. The van der Waals surface area contributed by atoms with Crippen molar-refractivity contribution < 1.29 is 0 Å². The van der Waals surface area contributed by atoms with Gasteiger partial charge in [0.05, 0.1) is 5.54 Å². The van der Waals surface area contributed by atoms with Gasteiger partial charge < -0.3 is 4.90 Å². The highest BCUT2D eigenvalue weighted by atomic mass is 15.3. The Labute approximate surface area is 195 Å². The van der Waals surface area contributed by atoms with Crippen LogP contribution in [0, 0.1) is 0 Å². The monoisotopic (exact) mass is 425 g/mol. The lowest BCUT2D eigenvalue weighted by Crippen LogP contribution is -2.60. The molecule has 0 saturated heterocycles. The Balaban J connectivity index is 1.51. The summed E-state index contributed by atoms with van der Waals surface area (Å²) in [6, 6.07) is 38.1. The Morgan fingerprint density at radius 2 is 1.27 bits per heavy atom. The van der Waals surface area contributed by atoms with Gasteiger partial charge in [-0.1, -0.05) is 79.7 Å². The van der Waals surface area contributed by atoms with Crippen LogP contribution in [0.4, 0.5) is 11.4 Å².